The average Bonchev–Trinajstić information content (AvgIpc) is 3.43. The standard InChI is InChI=1S/C29H30N4O6S2/c1-3-39-29(35)31-15-17-32(18-16-31)41(36,37)24-12-9-22(10-13-24)27(34)33(20-21-7-5-4-6-8-21)28-30-25-14-11-23(38-2)19-26(25)40-28/h4-14,19H,3,15-18,20H2,1-2H3. The van der Waals surface area contributed by atoms with E-state index >= 15 is 0 Å². The molecule has 4 aromatic rings. The van der Waals surface area contributed by atoms with Gasteiger partial charge in [-0.1, -0.05) is 41.7 Å². The molecule has 10 nitrogen and oxygen atoms in total. The average molecular weight is 595 g/mol. The van der Waals surface area contributed by atoms with Crippen LogP contribution >= 0.6 is 11.3 Å². The maximum Gasteiger partial charge on any atom is 0.409 e. The maximum absolute atomic E-state index is 13.8. The molecule has 1 aliphatic heterocycles. The van der Waals surface area contributed by atoms with Crippen LogP contribution in [0, 0.1) is 0 Å². The molecule has 3 aromatic carbocycles. The van der Waals surface area contributed by atoms with Gasteiger partial charge in [-0.15, -0.1) is 0 Å². The number of amides is 2. The number of fused-ring (bicyclic) bond motifs is 1. The molecule has 214 valence electrons. The van der Waals surface area contributed by atoms with Crippen LogP contribution in [0.25, 0.3) is 10.2 Å². The Hall–Kier alpha value is -4.00. The Morgan fingerprint density at radius 3 is 2.34 bits per heavy atom. The van der Waals surface area contributed by atoms with E-state index in [0.29, 0.717) is 23.0 Å². The monoisotopic (exact) mass is 594 g/mol. The summed E-state index contributed by atoms with van der Waals surface area (Å²) in [5.41, 5.74) is 2.02. The number of hydrogen-bond acceptors (Lipinski definition) is 8. The number of carbonyl (C=O) groups is 2. The lowest BCUT2D eigenvalue weighted by molar-refractivity contribution is 0.0933. The molecule has 0 atom stereocenters. The lowest BCUT2D eigenvalue weighted by Gasteiger charge is -2.33. The van der Waals surface area contributed by atoms with Gasteiger partial charge in [-0.25, -0.2) is 18.2 Å². The lowest BCUT2D eigenvalue weighted by Crippen LogP contribution is -2.50. The van der Waals surface area contributed by atoms with Crippen molar-refractivity contribution in [3.63, 3.8) is 0 Å². The van der Waals surface area contributed by atoms with E-state index in [0.717, 1.165) is 15.8 Å². The van der Waals surface area contributed by atoms with Crippen molar-refractivity contribution in [2.24, 2.45) is 0 Å². The molecule has 2 heterocycles. The number of aromatic nitrogens is 1. The van der Waals surface area contributed by atoms with Gasteiger partial charge in [0, 0.05) is 31.7 Å². The molecular formula is C29H30N4O6S2. The van der Waals surface area contributed by atoms with Crippen molar-refractivity contribution in [2.45, 2.75) is 18.4 Å². The number of carbonyl (C=O) groups excluding carboxylic acids is 2. The first-order valence-corrected chi connectivity index (χ1v) is 15.4. The van der Waals surface area contributed by atoms with Gasteiger partial charge in [0.25, 0.3) is 5.91 Å². The first-order chi connectivity index (χ1) is 19.8. The molecule has 12 heteroatoms. The lowest BCUT2D eigenvalue weighted by atomic mass is 10.1. The zero-order chi connectivity index (χ0) is 29.0. The molecule has 1 fully saturated rings. The van der Waals surface area contributed by atoms with E-state index in [-0.39, 0.29) is 43.6 Å². The van der Waals surface area contributed by atoms with Gasteiger partial charge in [0.2, 0.25) is 10.0 Å². The summed E-state index contributed by atoms with van der Waals surface area (Å²) in [5, 5.41) is 0.526. The van der Waals surface area contributed by atoms with E-state index in [1.165, 1.54) is 44.8 Å². The van der Waals surface area contributed by atoms with Crippen molar-refractivity contribution in [3.05, 3.63) is 83.9 Å². The van der Waals surface area contributed by atoms with Crippen molar-refractivity contribution in [1.82, 2.24) is 14.2 Å². The second-order valence-corrected chi connectivity index (χ2v) is 12.3. The highest BCUT2D eigenvalue weighted by atomic mass is 32.2. The van der Waals surface area contributed by atoms with E-state index in [9.17, 15) is 18.0 Å². The fourth-order valence-electron chi connectivity index (χ4n) is 4.53. The van der Waals surface area contributed by atoms with Crippen LogP contribution in [-0.4, -0.2) is 74.5 Å². The highest BCUT2D eigenvalue weighted by molar-refractivity contribution is 7.89. The van der Waals surface area contributed by atoms with Gasteiger partial charge in [-0.2, -0.15) is 4.31 Å². The number of piperazine rings is 1. The second-order valence-electron chi connectivity index (χ2n) is 9.32. The van der Waals surface area contributed by atoms with Crippen LogP contribution in [0.1, 0.15) is 22.8 Å². The fourth-order valence-corrected chi connectivity index (χ4v) is 6.94. The number of anilines is 1. The van der Waals surface area contributed by atoms with E-state index in [4.69, 9.17) is 14.5 Å². The van der Waals surface area contributed by atoms with Crippen molar-refractivity contribution >= 4 is 48.7 Å². The molecule has 0 saturated carbocycles. The van der Waals surface area contributed by atoms with E-state index < -0.39 is 16.1 Å². The highest BCUT2D eigenvalue weighted by Gasteiger charge is 2.31. The van der Waals surface area contributed by atoms with Gasteiger partial charge in [-0.05, 0) is 55.0 Å². The van der Waals surface area contributed by atoms with Crippen LogP contribution in [0.3, 0.4) is 0 Å². The van der Waals surface area contributed by atoms with E-state index in [2.05, 4.69) is 0 Å². The summed E-state index contributed by atoms with van der Waals surface area (Å²) in [4.78, 5) is 33.7. The van der Waals surface area contributed by atoms with Gasteiger partial charge in [0.1, 0.15) is 5.75 Å². The number of methoxy groups -OCH3 is 1. The zero-order valence-electron chi connectivity index (χ0n) is 22.7. The Kier molecular flexibility index (Phi) is 8.52. The molecule has 0 aliphatic carbocycles. The van der Waals surface area contributed by atoms with Crippen LogP contribution in [-0.2, 0) is 21.3 Å². The molecule has 1 aliphatic rings. The maximum atomic E-state index is 13.8. The van der Waals surface area contributed by atoms with Crippen LogP contribution < -0.4 is 9.64 Å². The first-order valence-electron chi connectivity index (χ1n) is 13.1. The topological polar surface area (TPSA) is 109 Å². The minimum atomic E-state index is -3.80. The Morgan fingerprint density at radius 1 is 0.976 bits per heavy atom. The number of sulfonamides is 1. The third-order valence-corrected chi connectivity index (χ3v) is 9.70. The Morgan fingerprint density at radius 2 is 1.68 bits per heavy atom. The molecule has 41 heavy (non-hydrogen) atoms. The summed E-state index contributed by atoms with van der Waals surface area (Å²) in [6.07, 6.45) is -0.445. The molecule has 0 radical (unpaired) electrons. The predicted octanol–water partition coefficient (Wildman–Crippen LogP) is 4.61. The van der Waals surface area contributed by atoms with Crippen molar-refractivity contribution < 1.29 is 27.5 Å². The number of ether oxygens (including phenoxy) is 2. The van der Waals surface area contributed by atoms with Crippen molar-refractivity contribution in [2.75, 3.05) is 44.8 Å². The molecule has 1 aromatic heterocycles. The molecule has 0 bridgehead atoms. The van der Waals surface area contributed by atoms with Crippen LogP contribution in [0.4, 0.5) is 9.93 Å². The summed E-state index contributed by atoms with van der Waals surface area (Å²) >= 11 is 1.38. The minimum Gasteiger partial charge on any atom is -0.497 e. The molecule has 0 N–H and O–H groups in total. The minimum absolute atomic E-state index is 0.0836. The Bertz CT molecular complexity index is 1630. The molecule has 0 spiro atoms. The number of rotatable bonds is 8. The first kappa shape index (κ1) is 28.5. The smallest absolute Gasteiger partial charge is 0.409 e. The molecule has 1 saturated heterocycles. The number of nitrogens with zero attached hydrogens (tertiary/aromatic N) is 4. The van der Waals surface area contributed by atoms with Crippen molar-refractivity contribution in [3.8, 4) is 5.75 Å². The SMILES string of the molecule is CCOC(=O)N1CCN(S(=O)(=O)c2ccc(C(=O)N(Cc3ccccc3)c3nc4ccc(OC)cc4s3)cc2)CC1. The summed E-state index contributed by atoms with van der Waals surface area (Å²) in [7, 11) is -2.20. The number of thiazole rings is 1. The van der Waals surface area contributed by atoms with Gasteiger partial charge in [0.05, 0.1) is 35.4 Å². The third kappa shape index (κ3) is 6.19. The largest absolute Gasteiger partial charge is 0.497 e. The highest BCUT2D eigenvalue weighted by Crippen LogP contribution is 2.33. The van der Waals surface area contributed by atoms with Crippen LogP contribution in [0.15, 0.2) is 77.7 Å². The third-order valence-electron chi connectivity index (χ3n) is 6.75. The number of benzene rings is 3. The van der Waals surface area contributed by atoms with Crippen LogP contribution in [0.2, 0.25) is 0 Å². The summed E-state index contributed by atoms with van der Waals surface area (Å²) in [5.74, 6) is 0.402. The van der Waals surface area contributed by atoms with Crippen LogP contribution in [0.5, 0.6) is 5.75 Å². The van der Waals surface area contributed by atoms with Gasteiger partial charge >= 0.3 is 6.09 Å². The van der Waals surface area contributed by atoms with E-state index in [1.807, 2.05) is 48.5 Å². The van der Waals surface area contributed by atoms with Gasteiger partial charge in [0.15, 0.2) is 5.13 Å². The normalized spacial score (nSPS) is 14.1. The Labute approximate surface area is 242 Å². The molecule has 2 amide bonds. The Balaban J connectivity index is 1.37. The molecular weight excluding hydrogens is 564 g/mol. The summed E-state index contributed by atoms with van der Waals surface area (Å²) < 4.78 is 39.2. The predicted molar refractivity (Wildman–Crippen MR) is 157 cm³/mol. The van der Waals surface area contributed by atoms with Gasteiger partial charge < -0.3 is 14.4 Å². The van der Waals surface area contributed by atoms with Crippen molar-refractivity contribution in [1.29, 1.82) is 0 Å². The zero-order valence-corrected chi connectivity index (χ0v) is 24.4. The fraction of sp³-hybridized carbons (Fsp3) is 0.276. The summed E-state index contributed by atoms with van der Waals surface area (Å²) in [6.45, 7) is 3.10. The second kappa shape index (κ2) is 12.2. The molecule has 5 rings (SSSR count). The quantitative estimate of drug-likeness (QED) is 0.293. The molecule has 0 unspecified atom stereocenters. The van der Waals surface area contributed by atoms with Gasteiger partial charge in [-0.3, -0.25) is 9.69 Å². The summed E-state index contributed by atoms with van der Waals surface area (Å²) in [6, 6.07) is 21.1. The van der Waals surface area contributed by atoms with E-state index in [1.54, 1.807) is 18.9 Å². The number of hydrogen-bond donors (Lipinski definition) is 0.